The van der Waals surface area contributed by atoms with E-state index in [-0.39, 0.29) is 11.9 Å². The molecule has 0 saturated carbocycles. The van der Waals surface area contributed by atoms with Crippen molar-refractivity contribution in [1.82, 2.24) is 5.32 Å². The number of carbonyl (C=O) groups excluding carboxylic acids is 1. The van der Waals surface area contributed by atoms with Gasteiger partial charge in [-0.1, -0.05) is 6.92 Å². The molecule has 4 heteroatoms. The van der Waals surface area contributed by atoms with Gasteiger partial charge in [-0.25, -0.2) is 0 Å². The minimum atomic E-state index is -0.415. The zero-order valence-electron chi connectivity index (χ0n) is 9.59. The highest BCUT2D eigenvalue weighted by Crippen LogP contribution is 2.05. The van der Waals surface area contributed by atoms with E-state index in [0.29, 0.717) is 6.42 Å². The molecule has 0 aromatic carbocycles. The Balaban J connectivity index is 3.71. The fourth-order valence-electron chi connectivity index (χ4n) is 1.08. The van der Waals surface area contributed by atoms with Crippen LogP contribution in [0.1, 0.15) is 34.1 Å². The molecule has 0 bridgehead atoms. The van der Waals surface area contributed by atoms with E-state index < -0.39 is 5.54 Å². The Kier molecular flexibility index (Phi) is 6.20. The van der Waals surface area contributed by atoms with Crippen LogP contribution in [0.2, 0.25) is 0 Å². The Morgan fingerprint density at radius 2 is 2.14 bits per heavy atom. The maximum Gasteiger partial charge on any atom is 0.222 e. The van der Waals surface area contributed by atoms with Crippen molar-refractivity contribution in [2.75, 3.05) is 11.5 Å². The Hall–Kier alpha value is -0.220. The average Bonchev–Trinajstić information content (AvgIpc) is 1.96. The van der Waals surface area contributed by atoms with E-state index in [1.807, 2.05) is 32.5 Å². The van der Waals surface area contributed by atoms with Crippen molar-refractivity contribution in [2.45, 2.75) is 45.7 Å². The molecule has 0 aliphatic heterocycles. The van der Waals surface area contributed by atoms with Gasteiger partial charge in [-0.05, 0) is 26.5 Å². The van der Waals surface area contributed by atoms with E-state index >= 15 is 0 Å². The van der Waals surface area contributed by atoms with Gasteiger partial charge in [0.15, 0.2) is 0 Å². The summed E-state index contributed by atoms with van der Waals surface area (Å²) in [5.74, 6) is 2.09. The standard InChI is InChI=1S/C10H22N2OS/c1-5-14-7-8(2)12-9(13)6-10(3,4)11/h8H,5-7,11H2,1-4H3,(H,12,13). The van der Waals surface area contributed by atoms with Crippen LogP contribution in [0.4, 0.5) is 0 Å². The lowest BCUT2D eigenvalue weighted by molar-refractivity contribution is -0.122. The minimum Gasteiger partial charge on any atom is -0.353 e. The molecule has 0 spiro atoms. The van der Waals surface area contributed by atoms with Crippen LogP contribution in [0, 0.1) is 0 Å². The first-order chi connectivity index (χ1) is 6.35. The first-order valence-corrected chi connectivity index (χ1v) is 6.16. The summed E-state index contributed by atoms with van der Waals surface area (Å²) in [4.78, 5) is 11.4. The predicted molar refractivity (Wildman–Crippen MR) is 63.5 cm³/mol. The van der Waals surface area contributed by atoms with E-state index in [2.05, 4.69) is 12.2 Å². The molecule has 84 valence electrons. The van der Waals surface area contributed by atoms with E-state index in [0.717, 1.165) is 11.5 Å². The lowest BCUT2D eigenvalue weighted by Crippen LogP contribution is -2.42. The van der Waals surface area contributed by atoms with E-state index in [1.54, 1.807) is 0 Å². The minimum absolute atomic E-state index is 0.0432. The summed E-state index contributed by atoms with van der Waals surface area (Å²) in [5.41, 5.74) is 5.33. The molecule has 14 heavy (non-hydrogen) atoms. The summed E-state index contributed by atoms with van der Waals surface area (Å²) in [5, 5.41) is 2.93. The molecule has 1 amide bonds. The summed E-state index contributed by atoms with van der Waals surface area (Å²) < 4.78 is 0. The van der Waals surface area contributed by atoms with Crippen LogP contribution in [0.15, 0.2) is 0 Å². The van der Waals surface area contributed by atoms with Gasteiger partial charge in [-0.15, -0.1) is 0 Å². The lowest BCUT2D eigenvalue weighted by Gasteiger charge is -2.20. The maximum atomic E-state index is 11.4. The maximum absolute atomic E-state index is 11.4. The monoisotopic (exact) mass is 218 g/mol. The molecule has 3 nitrogen and oxygen atoms in total. The molecular weight excluding hydrogens is 196 g/mol. The summed E-state index contributed by atoms with van der Waals surface area (Å²) in [6, 6.07) is 0.231. The third-order valence-corrected chi connectivity index (χ3v) is 2.74. The van der Waals surface area contributed by atoms with E-state index in [9.17, 15) is 4.79 Å². The molecule has 0 heterocycles. The molecule has 0 aliphatic rings. The van der Waals surface area contributed by atoms with Crippen molar-refractivity contribution < 1.29 is 4.79 Å². The first kappa shape index (κ1) is 13.8. The largest absolute Gasteiger partial charge is 0.353 e. The van der Waals surface area contributed by atoms with Crippen LogP contribution in [0.5, 0.6) is 0 Å². The molecule has 0 rings (SSSR count). The molecule has 3 N–H and O–H groups in total. The van der Waals surface area contributed by atoms with Crippen LogP contribution in [0.3, 0.4) is 0 Å². The van der Waals surface area contributed by atoms with Crippen molar-refractivity contribution in [3.8, 4) is 0 Å². The predicted octanol–water partition coefficient (Wildman–Crippen LogP) is 1.37. The van der Waals surface area contributed by atoms with Gasteiger partial charge in [0, 0.05) is 23.8 Å². The van der Waals surface area contributed by atoms with Crippen molar-refractivity contribution in [2.24, 2.45) is 5.73 Å². The second-order valence-electron chi connectivity index (χ2n) is 4.29. The highest BCUT2D eigenvalue weighted by molar-refractivity contribution is 7.99. The number of hydrogen-bond donors (Lipinski definition) is 2. The van der Waals surface area contributed by atoms with Gasteiger partial charge in [0.25, 0.3) is 0 Å². The highest BCUT2D eigenvalue weighted by atomic mass is 32.2. The normalized spacial score (nSPS) is 13.8. The van der Waals surface area contributed by atoms with Crippen LogP contribution in [-0.2, 0) is 4.79 Å². The molecule has 1 unspecified atom stereocenters. The highest BCUT2D eigenvalue weighted by Gasteiger charge is 2.17. The number of carbonyl (C=O) groups is 1. The van der Waals surface area contributed by atoms with Crippen molar-refractivity contribution in [1.29, 1.82) is 0 Å². The van der Waals surface area contributed by atoms with Crippen molar-refractivity contribution >= 4 is 17.7 Å². The molecule has 0 aromatic heterocycles. The third-order valence-electron chi connectivity index (χ3n) is 1.60. The number of nitrogens with two attached hydrogens (primary N) is 1. The van der Waals surface area contributed by atoms with E-state index in [1.165, 1.54) is 0 Å². The summed E-state index contributed by atoms with van der Waals surface area (Å²) >= 11 is 1.83. The Bertz CT molecular complexity index is 177. The van der Waals surface area contributed by atoms with Crippen LogP contribution in [-0.4, -0.2) is 29.0 Å². The van der Waals surface area contributed by atoms with Crippen LogP contribution in [0.25, 0.3) is 0 Å². The molecule has 0 aliphatic carbocycles. The molecular formula is C10H22N2OS. The number of hydrogen-bond acceptors (Lipinski definition) is 3. The summed E-state index contributed by atoms with van der Waals surface area (Å²) in [7, 11) is 0. The zero-order valence-corrected chi connectivity index (χ0v) is 10.4. The van der Waals surface area contributed by atoms with E-state index in [4.69, 9.17) is 5.73 Å². The second-order valence-corrected chi connectivity index (χ2v) is 5.61. The second kappa shape index (κ2) is 6.30. The van der Waals surface area contributed by atoms with Gasteiger partial charge >= 0.3 is 0 Å². The summed E-state index contributed by atoms with van der Waals surface area (Å²) in [6.45, 7) is 7.85. The fourth-order valence-corrected chi connectivity index (χ4v) is 1.75. The number of amides is 1. The van der Waals surface area contributed by atoms with Crippen molar-refractivity contribution in [3.05, 3.63) is 0 Å². The smallest absolute Gasteiger partial charge is 0.222 e. The number of rotatable bonds is 6. The van der Waals surface area contributed by atoms with Crippen LogP contribution < -0.4 is 11.1 Å². The lowest BCUT2D eigenvalue weighted by atomic mass is 10.0. The quantitative estimate of drug-likeness (QED) is 0.708. The fraction of sp³-hybridized carbons (Fsp3) is 0.900. The molecule has 0 saturated heterocycles. The summed E-state index contributed by atoms with van der Waals surface area (Å²) in [6.07, 6.45) is 0.383. The number of thioether (sulfide) groups is 1. The van der Waals surface area contributed by atoms with Gasteiger partial charge < -0.3 is 11.1 Å². The Morgan fingerprint density at radius 3 is 2.57 bits per heavy atom. The van der Waals surface area contributed by atoms with Crippen LogP contribution >= 0.6 is 11.8 Å². The molecule has 0 radical (unpaired) electrons. The van der Waals surface area contributed by atoms with Crippen molar-refractivity contribution in [3.63, 3.8) is 0 Å². The topological polar surface area (TPSA) is 55.1 Å². The van der Waals surface area contributed by atoms with Gasteiger partial charge in [0.2, 0.25) is 5.91 Å². The van der Waals surface area contributed by atoms with Gasteiger partial charge in [-0.3, -0.25) is 4.79 Å². The van der Waals surface area contributed by atoms with Gasteiger partial charge in [0.05, 0.1) is 0 Å². The number of nitrogens with one attached hydrogen (secondary N) is 1. The zero-order chi connectivity index (χ0) is 11.2. The molecule has 0 aromatic rings. The van der Waals surface area contributed by atoms with Gasteiger partial charge in [-0.2, -0.15) is 11.8 Å². The molecule has 0 fully saturated rings. The average molecular weight is 218 g/mol. The SMILES string of the molecule is CCSCC(C)NC(=O)CC(C)(C)N. The Morgan fingerprint density at radius 1 is 1.57 bits per heavy atom. The Labute approximate surface area is 91.2 Å². The third kappa shape index (κ3) is 8.38. The van der Waals surface area contributed by atoms with Gasteiger partial charge in [0.1, 0.15) is 0 Å². The first-order valence-electron chi connectivity index (χ1n) is 5.01. The molecule has 1 atom stereocenters.